The molecule has 1 saturated carbocycles. The molecule has 8 nitrogen and oxygen atoms in total. The zero-order valence-corrected chi connectivity index (χ0v) is 24.3. The molecule has 3 aliphatic rings. The van der Waals surface area contributed by atoms with Crippen LogP contribution in [0.2, 0.25) is 0 Å². The van der Waals surface area contributed by atoms with Crippen LogP contribution in [0.3, 0.4) is 0 Å². The predicted octanol–water partition coefficient (Wildman–Crippen LogP) is 4.27. The number of nitrogens with one attached hydrogen (secondary N) is 1. The molecule has 0 bridgehead atoms. The molecule has 1 N–H and O–H groups in total. The van der Waals surface area contributed by atoms with Crippen molar-refractivity contribution in [1.29, 1.82) is 0 Å². The van der Waals surface area contributed by atoms with Crippen LogP contribution in [0.15, 0.2) is 59.7 Å². The van der Waals surface area contributed by atoms with Crippen LogP contribution >= 0.6 is 0 Å². The first-order chi connectivity index (χ1) is 20.3. The second-order valence-electron chi connectivity index (χ2n) is 11.5. The van der Waals surface area contributed by atoms with Gasteiger partial charge in [0.2, 0.25) is 5.91 Å². The highest BCUT2D eigenvalue weighted by molar-refractivity contribution is 6.16. The number of hydrogen-bond donors (Lipinski definition) is 1. The van der Waals surface area contributed by atoms with E-state index in [0.717, 1.165) is 40.9 Å². The molecule has 0 unspecified atom stereocenters. The maximum Gasteiger partial charge on any atom is 0.251 e. The second-order valence-corrected chi connectivity index (χ2v) is 11.5. The third kappa shape index (κ3) is 5.66. The molecule has 3 heterocycles. The Morgan fingerprint density at radius 2 is 1.95 bits per heavy atom. The minimum atomic E-state index is -0.393. The van der Waals surface area contributed by atoms with Crippen LogP contribution in [-0.2, 0) is 17.9 Å². The maximum atomic E-state index is 14.9. The first kappa shape index (κ1) is 28.0. The van der Waals surface area contributed by atoms with Gasteiger partial charge in [0.05, 0.1) is 25.4 Å². The Kier molecular flexibility index (Phi) is 7.77. The molecule has 1 saturated heterocycles. The number of amides is 2. The summed E-state index contributed by atoms with van der Waals surface area (Å²) in [6.45, 7) is 3.16. The number of carbonyl (C=O) groups excluding carboxylic acids is 2. The summed E-state index contributed by atoms with van der Waals surface area (Å²) in [5.74, 6) is -0.0530. The standard InChI is InChI=1S/C33H36FN5O3/c1-20-15-21(13-14-35-20)31-26-16-22(7-8-23(26)17-36-31)32(40)37-24-9-12-29(33(41)38(2)25-10-11-25)39(18-24)19-27-28(34)5-4-6-30(27)42-3/h4-8,13-16,24-25,29H,9-12,17-19H2,1-3H3,(H,37,40)/t24-,29+/m1/s1. The Labute approximate surface area is 245 Å². The Morgan fingerprint density at radius 3 is 2.71 bits per heavy atom. The van der Waals surface area contributed by atoms with Crippen molar-refractivity contribution in [1.82, 2.24) is 20.1 Å². The predicted molar refractivity (Wildman–Crippen MR) is 158 cm³/mol. The summed E-state index contributed by atoms with van der Waals surface area (Å²) in [5.41, 5.74) is 5.77. The number of piperidine rings is 1. The van der Waals surface area contributed by atoms with Gasteiger partial charge in [0.15, 0.2) is 0 Å². The number of methoxy groups -OCH3 is 1. The van der Waals surface area contributed by atoms with Crippen LogP contribution in [0.5, 0.6) is 5.75 Å². The van der Waals surface area contributed by atoms with Gasteiger partial charge in [-0.2, -0.15) is 0 Å². The molecule has 3 aromatic rings. The third-order valence-electron chi connectivity index (χ3n) is 8.61. The zero-order valence-electron chi connectivity index (χ0n) is 24.3. The zero-order chi connectivity index (χ0) is 29.4. The molecule has 2 atom stereocenters. The van der Waals surface area contributed by atoms with Crippen molar-refractivity contribution in [2.45, 2.75) is 63.8 Å². The van der Waals surface area contributed by atoms with Gasteiger partial charge < -0.3 is 15.0 Å². The number of likely N-dealkylation sites (N-methyl/N-ethyl adjacent to an activating group) is 1. The molecule has 218 valence electrons. The molecule has 2 amide bonds. The molecule has 1 aromatic heterocycles. The van der Waals surface area contributed by atoms with E-state index in [1.54, 1.807) is 18.3 Å². The molecule has 0 radical (unpaired) electrons. The number of carbonyl (C=O) groups is 2. The first-order valence-electron chi connectivity index (χ1n) is 14.6. The number of likely N-dealkylation sites (tertiary alicyclic amines) is 1. The van der Waals surface area contributed by atoms with Crippen LogP contribution in [0.25, 0.3) is 0 Å². The smallest absolute Gasteiger partial charge is 0.251 e. The van der Waals surface area contributed by atoms with E-state index in [0.29, 0.717) is 42.8 Å². The highest BCUT2D eigenvalue weighted by atomic mass is 19.1. The normalized spacial score (nSPS) is 20.0. The SMILES string of the molecule is COc1cccc(F)c1CN1C[C@H](NC(=O)c2ccc3c(c2)C(c2ccnc(C)c2)=NC3)CC[C@H]1C(=O)N(C)C1CC1. The number of fused-ring (bicyclic) bond motifs is 1. The quantitative estimate of drug-likeness (QED) is 0.438. The van der Waals surface area contributed by atoms with Crippen molar-refractivity contribution in [2.24, 2.45) is 4.99 Å². The Hall–Kier alpha value is -4.11. The van der Waals surface area contributed by atoms with E-state index in [1.165, 1.54) is 13.2 Å². The second kappa shape index (κ2) is 11.6. The number of aryl methyl sites for hydroxylation is 1. The molecule has 42 heavy (non-hydrogen) atoms. The fourth-order valence-corrected chi connectivity index (χ4v) is 6.11. The largest absolute Gasteiger partial charge is 0.496 e. The van der Waals surface area contributed by atoms with Gasteiger partial charge >= 0.3 is 0 Å². The lowest BCUT2D eigenvalue weighted by Crippen LogP contribution is -2.56. The van der Waals surface area contributed by atoms with Crippen molar-refractivity contribution >= 4 is 17.5 Å². The summed E-state index contributed by atoms with van der Waals surface area (Å²) >= 11 is 0. The molecular weight excluding hydrogens is 533 g/mol. The highest BCUT2D eigenvalue weighted by Crippen LogP contribution is 2.31. The molecule has 1 aliphatic carbocycles. The van der Waals surface area contributed by atoms with Crippen molar-refractivity contribution in [3.8, 4) is 5.75 Å². The van der Waals surface area contributed by atoms with Crippen molar-refractivity contribution in [3.05, 3.63) is 94.1 Å². The van der Waals surface area contributed by atoms with E-state index in [1.807, 2.05) is 54.1 Å². The summed E-state index contributed by atoms with van der Waals surface area (Å²) in [4.78, 5) is 39.9. The highest BCUT2D eigenvalue weighted by Gasteiger charge is 2.39. The average molecular weight is 570 g/mol. The fourth-order valence-electron chi connectivity index (χ4n) is 6.11. The van der Waals surface area contributed by atoms with Crippen molar-refractivity contribution < 1.29 is 18.7 Å². The van der Waals surface area contributed by atoms with Crippen LogP contribution in [0.1, 0.15) is 64.0 Å². The average Bonchev–Trinajstić information content (AvgIpc) is 3.76. The van der Waals surface area contributed by atoms with Crippen LogP contribution < -0.4 is 10.1 Å². The number of ether oxygens (including phenoxy) is 1. The van der Waals surface area contributed by atoms with E-state index in [9.17, 15) is 14.0 Å². The molecule has 9 heteroatoms. The van der Waals surface area contributed by atoms with Gasteiger partial charge in [-0.1, -0.05) is 12.1 Å². The van der Waals surface area contributed by atoms with Gasteiger partial charge in [-0.3, -0.25) is 24.5 Å². The lowest BCUT2D eigenvalue weighted by Gasteiger charge is -2.40. The Morgan fingerprint density at radius 1 is 1.12 bits per heavy atom. The summed E-state index contributed by atoms with van der Waals surface area (Å²) < 4.78 is 20.4. The molecule has 2 aromatic carbocycles. The number of pyridine rings is 1. The van der Waals surface area contributed by atoms with Gasteiger partial charge in [0.25, 0.3) is 5.91 Å². The number of aromatic nitrogens is 1. The van der Waals surface area contributed by atoms with E-state index < -0.39 is 6.04 Å². The fraction of sp³-hybridized carbons (Fsp3) is 0.394. The first-order valence-corrected chi connectivity index (χ1v) is 14.6. The monoisotopic (exact) mass is 569 g/mol. The lowest BCUT2D eigenvalue weighted by molar-refractivity contribution is -0.138. The summed E-state index contributed by atoms with van der Waals surface area (Å²) in [6.07, 6.45) is 5.03. The van der Waals surface area contributed by atoms with Crippen LogP contribution in [0, 0.1) is 12.7 Å². The Bertz CT molecular complexity index is 1550. The number of rotatable bonds is 8. The maximum absolute atomic E-state index is 14.9. The number of benzene rings is 2. The molecule has 6 rings (SSSR count). The molecule has 2 aliphatic heterocycles. The van der Waals surface area contributed by atoms with E-state index in [4.69, 9.17) is 9.73 Å². The third-order valence-corrected chi connectivity index (χ3v) is 8.61. The number of hydrogen-bond acceptors (Lipinski definition) is 6. The molecular formula is C33H36FN5O3. The summed E-state index contributed by atoms with van der Waals surface area (Å²) in [7, 11) is 3.37. The van der Waals surface area contributed by atoms with Gasteiger partial charge in [-0.05, 0) is 74.6 Å². The minimum Gasteiger partial charge on any atom is -0.496 e. The topological polar surface area (TPSA) is 87.1 Å². The van der Waals surface area contributed by atoms with Crippen molar-refractivity contribution in [3.63, 3.8) is 0 Å². The summed E-state index contributed by atoms with van der Waals surface area (Å²) in [5, 5.41) is 3.19. The van der Waals surface area contributed by atoms with Gasteiger partial charge in [0, 0.05) is 66.4 Å². The van der Waals surface area contributed by atoms with Gasteiger partial charge in [-0.25, -0.2) is 4.39 Å². The van der Waals surface area contributed by atoms with E-state index in [2.05, 4.69) is 10.3 Å². The van der Waals surface area contributed by atoms with E-state index >= 15 is 0 Å². The number of aliphatic imine (C=N–C) groups is 1. The van der Waals surface area contributed by atoms with Crippen LogP contribution in [-0.4, -0.2) is 71.1 Å². The lowest BCUT2D eigenvalue weighted by atomic mass is 9.95. The number of halogens is 1. The Balaban J connectivity index is 1.20. The number of nitrogens with zero attached hydrogens (tertiary/aromatic N) is 4. The van der Waals surface area contributed by atoms with Gasteiger partial charge in [0.1, 0.15) is 11.6 Å². The van der Waals surface area contributed by atoms with E-state index in [-0.39, 0.29) is 36.3 Å². The van der Waals surface area contributed by atoms with Gasteiger partial charge in [-0.15, -0.1) is 0 Å². The summed E-state index contributed by atoms with van der Waals surface area (Å²) in [6, 6.07) is 14.1. The minimum absolute atomic E-state index is 0.0503. The molecule has 0 spiro atoms. The van der Waals surface area contributed by atoms with Crippen LogP contribution in [0.4, 0.5) is 4.39 Å². The molecule has 2 fully saturated rings. The van der Waals surface area contributed by atoms with Crippen molar-refractivity contribution in [2.75, 3.05) is 20.7 Å².